The van der Waals surface area contributed by atoms with Gasteiger partial charge in [-0.2, -0.15) is 5.10 Å². The summed E-state index contributed by atoms with van der Waals surface area (Å²) in [7, 11) is 0. The molecule has 0 aliphatic heterocycles. The van der Waals surface area contributed by atoms with E-state index in [1.165, 1.54) is 0 Å². The summed E-state index contributed by atoms with van der Waals surface area (Å²) in [5.74, 6) is 5.60. The third-order valence-electron chi connectivity index (χ3n) is 2.81. The standard InChI is InChI=1S/C12H15N5O/c1-8-10(7-12(18)15-13)9(2)17(16-8)11-5-3-4-6-14-11/h3-6H,7,13H2,1-2H3,(H,15,18). The van der Waals surface area contributed by atoms with Crippen molar-refractivity contribution in [3.8, 4) is 5.82 Å². The average Bonchev–Trinajstić information content (AvgIpc) is 2.67. The van der Waals surface area contributed by atoms with Crippen molar-refractivity contribution in [2.75, 3.05) is 0 Å². The monoisotopic (exact) mass is 245 g/mol. The molecule has 2 aromatic rings. The zero-order valence-electron chi connectivity index (χ0n) is 10.3. The topological polar surface area (TPSA) is 85.8 Å². The Bertz CT molecular complexity index is 561. The maximum absolute atomic E-state index is 11.3. The van der Waals surface area contributed by atoms with Gasteiger partial charge in [0.1, 0.15) is 0 Å². The first kappa shape index (κ1) is 12.3. The number of rotatable bonds is 3. The molecule has 0 fully saturated rings. The molecule has 1 amide bonds. The van der Waals surface area contributed by atoms with Gasteiger partial charge in [-0.25, -0.2) is 15.5 Å². The Labute approximate surface area is 105 Å². The predicted octanol–water partition coefficient (Wildman–Crippen LogP) is 0.417. The number of nitrogens with one attached hydrogen (secondary N) is 1. The van der Waals surface area contributed by atoms with Gasteiger partial charge in [-0.15, -0.1) is 0 Å². The van der Waals surface area contributed by atoms with E-state index in [0.717, 1.165) is 22.8 Å². The van der Waals surface area contributed by atoms with Crippen molar-refractivity contribution in [1.82, 2.24) is 20.2 Å². The van der Waals surface area contributed by atoms with Crippen LogP contribution in [0.15, 0.2) is 24.4 Å². The van der Waals surface area contributed by atoms with Gasteiger partial charge >= 0.3 is 0 Å². The lowest BCUT2D eigenvalue weighted by Crippen LogP contribution is -2.31. The first-order valence-corrected chi connectivity index (χ1v) is 5.59. The fraction of sp³-hybridized carbons (Fsp3) is 0.250. The highest BCUT2D eigenvalue weighted by Crippen LogP contribution is 2.16. The highest BCUT2D eigenvalue weighted by atomic mass is 16.2. The first-order chi connectivity index (χ1) is 8.63. The summed E-state index contributed by atoms with van der Waals surface area (Å²) < 4.78 is 1.73. The number of nitrogens with zero attached hydrogens (tertiary/aromatic N) is 3. The zero-order chi connectivity index (χ0) is 13.1. The second-order valence-electron chi connectivity index (χ2n) is 3.99. The quantitative estimate of drug-likeness (QED) is 0.466. The summed E-state index contributed by atoms with van der Waals surface area (Å²) in [6.45, 7) is 3.78. The highest BCUT2D eigenvalue weighted by Gasteiger charge is 2.15. The molecule has 0 aliphatic rings. The summed E-state index contributed by atoms with van der Waals surface area (Å²) >= 11 is 0. The van der Waals surface area contributed by atoms with Crippen LogP contribution in [0, 0.1) is 13.8 Å². The Kier molecular flexibility index (Phi) is 3.38. The molecule has 0 saturated carbocycles. The Hall–Kier alpha value is -2.21. The van der Waals surface area contributed by atoms with Gasteiger partial charge in [-0.1, -0.05) is 6.07 Å². The van der Waals surface area contributed by atoms with Gasteiger partial charge in [0.25, 0.3) is 0 Å². The molecular formula is C12H15N5O. The molecule has 0 bridgehead atoms. The fourth-order valence-electron chi connectivity index (χ4n) is 1.84. The number of carbonyl (C=O) groups is 1. The van der Waals surface area contributed by atoms with Crippen LogP contribution >= 0.6 is 0 Å². The number of nitrogens with two attached hydrogens (primary N) is 1. The number of aryl methyl sites for hydroxylation is 1. The number of hydrogen-bond donors (Lipinski definition) is 2. The largest absolute Gasteiger partial charge is 0.294 e. The summed E-state index contributed by atoms with van der Waals surface area (Å²) in [4.78, 5) is 15.6. The lowest BCUT2D eigenvalue weighted by Gasteiger charge is -2.03. The average molecular weight is 245 g/mol. The van der Waals surface area contributed by atoms with Crippen LogP contribution in [0.1, 0.15) is 17.0 Å². The number of aromatic nitrogens is 3. The smallest absolute Gasteiger partial charge is 0.238 e. The van der Waals surface area contributed by atoms with Gasteiger partial charge in [0.05, 0.1) is 12.1 Å². The zero-order valence-corrected chi connectivity index (χ0v) is 10.3. The summed E-state index contributed by atoms with van der Waals surface area (Å²) in [6.07, 6.45) is 1.93. The second kappa shape index (κ2) is 4.97. The van der Waals surface area contributed by atoms with Crippen LogP contribution in [0.3, 0.4) is 0 Å². The molecule has 6 heteroatoms. The number of hydrazine groups is 1. The molecule has 94 valence electrons. The summed E-state index contributed by atoms with van der Waals surface area (Å²) in [5.41, 5.74) is 4.71. The minimum atomic E-state index is -0.234. The van der Waals surface area contributed by atoms with Crippen LogP contribution in [0.5, 0.6) is 0 Å². The van der Waals surface area contributed by atoms with Crippen molar-refractivity contribution in [3.05, 3.63) is 41.3 Å². The third kappa shape index (κ3) is 2.23. The molecular weight excluding hydrogens is 230 g/mol. The van der Waals surface area contributed by atoms with Crippen molar-refractivity contribution < 1.29 is 4.79 Å². The van der Waals surface area contributed by atoms with Crippen molar-refractivity contribution >= 4 is 5.91 Å². The van der Waals surface area contributed by atoms with E-state index in [-0.39, 0.29) is 12.3 Å². The maximum atomic E-state index is 11.3. The lowest BCUT2D eigenvalue weighted by molar-refractivity contribution is -0.120. The molecule has 0 saturated heterocycles. The number of pyridine rings is 1. The Morgan fingerprint density at radius 2 is 2.22 bits per heavy atom. The van der Waals surface area contributed by atoms with E-state index in [4.69, 9.17) is 5.84 Å². The molecule has 0 aliphatic carbocycles. The van der Waals surface area contributed by atoms with Gasteiger partial charge in [0, 0.05) is 17.5 Å². The van der Waals surface area contributed by atoms with E-state index in [9.17, 15) is 4.79 Å². The molecule has 0 unspecified atom stereocenters. The molecule has 6 nitrogen and oxygen atoms in total. The second-order valence-corrected chi connectivity index (χ2v) is 3.99. The van der Waals surface area contributed by atoms with Gasteiger partial charge < -0.3 is 0 Å². The van der Waals surface area contributed by atoms with E-state index >= 15 is 0 Å². The maximum Gasteiger partial charge on any atom is 0.238 e. The minimum Gasteiger partial charge on any atom is -0.294 e. The van der Waals surface area contributed by atoms with Gasteiger partial charge in [-0.05, 0) is 26.0 Å². The number of hydrogen-bond acceptors (Lipinski definition) is 4. The molecule has 0 aromatic carbocycles. The van der Waals surface area contributed by atoms with Crippen LogP contribution in [-0.2, 0) is 11.2 Å². The number of amides is 1. The summed E-state index contributed by atoms with van der Waals surface area (Å²) in [5, 5.41) is 4.40. The molecule has 0 atom stereocenters. The van der Waals surface area contributed by atoms with Crippen molar-refractivity contribution in [3.63, 3.8) is 0 Å². The van der Waals surface area contributed by atoms with E-state index in [1.54, 1.807) is 10.9 Å². The highest BCUT2D eigenvalue weighted by molar-refractivity contribution is 5.78. The molecule has 2 aromatic heterocycles. The molecule has 0 radical (unpaired) electrons. The van der Waals surface area contributed by atoms with Crippen LogP contribution in [0.4, 0.5) is 0 Å². The number of carbonyl (C=O) groups excluding carboxylic acids is 1. The van der Waals surface area contributed by atoms with Gasteiger partial charge in [0.15, 0.2) is 5.82 Å². The molecule has 2 rings (SSSR count). The normalized spacial score (nSPS) is 10.4. The molecule has 2 heterocycles. The lowest BCUT2D eigenvalue weighted by atomic mass is 10.1. The van der Waals surface area contributed by atoms with Crippen LogP contribution < -0.4 is 11.3 Å². The first-order valence-electron chi connectivity index (χ1n) is 5.59. The Morgan fingerprint density at radius 3 is 2.83 bits per heavy atom. The fourth-order valence-corrected chi connectivity index (χ4v) is 1.84. The van der Waals surface area contributed by atoms with Gasteiger partial charge in [0.2, 0.25) is 5.91 Å². The van der Waals surface area contributed by atoms with E-state index in [1.807, 2.05) is 32.0 Å². The van der Waals surface area contributed by atoms with Crippen LogP contribution in [0.25, 0.3) is 5.82 Å². The predicted molar refractivity (Wildman–Crippen MR) is 66.9 cm³/mol. The van der Waals surface area contributed by atoms with Gasteiger partial charge in [-0.3, -0.25) is 10.2 Å². The summed E-state index contributed by atoms with van der Waals surface area (Å²) in [6, 6.07) is 5.61. The Morgan fingerprint density at radius 1 is 1.44 bits per heavy atom. The van der Waals surface area contributed by atoms with Crippen molar-refractivity contribution in [2.45, 2.75) is 20.3 Å². The molecule has 18 heavy (non-hydrogen) atoms. The SMILES string of the molecule is Cc1nn(-c2ccccn2)c(C)c1CC(=O)NN. The molecule has 3 N–H and O–H groups in total. The van der Waals surface area contributed by atoms with Crippen molar-refractivity contribution in [1.29, 1.82) is 0 Å². The van der Waals surface area contributed by atoms with E-state index in [2.05, 4.69) is 15.5 Å². The van der Waals surface area contributed by atoms with E-state index < -0.39 is 0 Å². The van der Waals surface area contributed by atoms with Crippen LogP contribution in [-0.4, -0.2) is 20.7 Å². The third-order valence-corrected chi connectivity index (χ3v) is 2.81. The molecule has 0 spiro atoms. The minimum absolute atomic E-state index is 0.223. The van der Waals surface area contributed by atoms with Crippen LogP contribution in [0.2, 0.25) is 0 Å². The Balaban J connectivity index is 2.41. The van der Waals surface area contributed by atoms with Crippen molar-refractivity contribution in [2.24, 2.45) is 5.84 Å². The van der Waals surface area contributed by atoms with E-state index in [0.29, 0.717) is 0 Å².